The van der Waals surface area contributed by atoms with E-state index in [1.165, 1.54) is 0 Å². The maximum absolute atomic E-state index is 12.3. The van der Waals surface area contributed by atoms with E-state index >= 15 is 0 Å². The lowest BCUT2D eigenvalue weighted by molar-refractivity contribution is 0.0326. The van der Waals surface area contributed by atoms with Gasteiger partial charge in [-0.3, -0.25) is 4.79 Å². The topological polar surface area (TPSA) is 52.6 Å². The number of carbonyl (C=O) groups excluding carboxylic acids is 1. The highest BCUT2D eigenvalue weighted by Gasteiger charge is 2.23. The predicted molar refractivity (Wildman–Crippen MR) is 106 cm³/mol. The van der Waals surface area contributed by atoms with Crippen molar-refractivity contribution in [1.29, 1.82) is 0 Å². The number of nitrogens with zero attached hydrogens (tertiary/aromatic N) is 1. The van der Waals surface area contributed by atoms with Crippen LogP contribution in [0.15, 0.2) is 12.1 Å². The molecule has 0 radical (unpaired) electrons. The van der Waals surface area contributed by atoms with Crippen LogP contribution in [0.2, 0.25) is 0 Å². The zero-order valence-electron chi connectivity index (χ0n) is 11.5. The Morgan fingerprint density at radius 3 is 2.50 bits per heavy atom. The molecule has 0 bridgehead atoms. The zero-order chi connectivity index (χ0) is 15.5. The summed E-state index contributed by atoms with van der Waals surface area (Å²) in [5.74, 6) is -0.148. The lowest BCUT2D eigenvalue weighted by atomic mass is 10.1. The van der Waals surface area contributed by atoms with Crippen molar-refractivity contribution >= 4 is 73.7 Å². The van der Waals surface area contributed by atoms with Gasteiger partial charge in [-0.15, -0.1) is 0 Å². The molecule has 7 heteroatoms. The molecule has 112 valence electrons. The summed E-state index contributed by atoms with van der Waals surface area (Å²) in [5.41, 5.74) is -0.290. The van der Waals surface area contributed by atoms with E-state index in [9.17, 15) is 9.90 Å². The van der Waals surface area contributed by atoms with Crippen molar-refractivity contribution in [2.75, 3.05) is 27.2 Å². The first-order valence-electron chi connectivity index (χ1n) is 5.92. The monoisotopic (exact) mass is 614 g/mol. The van der Waals surface area contributed by atoms with Gasteiger partial charge in [-0.05, 0) is 101 Å². The Kier molecular flexibility index (Phi) is 7.43. The number of hydrogen-bond donors (Lipinski definition) is 2. The number of halogens is 3. The largest absolute Gasteiger partial charge is 0.387 e. The molecule has 0 fully saturated rings. The number of carbonyl (C=O) groups is 1. The van der Waals surface area contributed by atoms with E-state index in [1.807, 2.05) is 31.1 Å². The van der Waals surface area contributed by atoms with Crippen molar-refractivity contribution in [2.45, 2.75) is 12.5 Å². The number of hydrogen-bond acceptors (Lipinski definition) is 3. The molecule has 1 amide bonds. The number of likely N-dealkylation sites (N-methyl/N-ethyl adjacent to an activating group) is 1. The Morgan fingerprint density at radius 2 is 1.95 bits per heavy atom. The molecule has 0 saturated heterocycles. The van der Waals surface area contributed by atoms with E-state index in [0.717, 1.165) is 10.7 Å². The second-order valence-corrected chi connectivity index (χ2v) is 8.65. The molecule has 0 aromatic heterocycles. The smallest absolute Gasteiger partial charge is 0.252 e. The summed E-state index contributed by atoms with van der Waals surface area (Å²) < 4.78 is 3.02. The van der Waals surface area contributed by atoms with Crippen molar-refractivity contribution in [2.24, 2.45) is 0 Å². The third-order valence-electron chi connectivity index (χ3n) is 2.52. The number of nitrogens with one attached hydrogen (secondary N) is 1. The van der Waals surface area contributed by atoms with E-state index in [-0.39, 0.29) is 12.5 Å². The summed E-state index contributed by atoms with van der Waals surface area (Å²) in [6.07, 6.45) is 0. The molecule has 1 aromatic carbocycles. The van der Waals surface area contributed by atoms with Crippen LogP contribution in [-0.2, 0) is 0 Å². The summed E-state index contributed by atoms with van der Waals surface area (Å²) in [6.45, 7) is 2.44. The van der Waals surface area contributed by atoms with E-state index in [2.05, 4.69) is 73.1 Å². The molecular formula is C13H17I3N2O2. The average Bonchev–Trinajstić information content (AvgIpc) is 2.29. The highest BCUT2D eigenvalue weighted by molar-refractivity contribution is 14.1. The number of benzene rings is 1. The Bertz CT molecular complexity index is 505. The van der Waals surface area contributed by atoms with Crippen LogP contribution in [0.1, 0.15) is 17.3 Å². The summed E-state index contributed by atoms with van der Waals surface area (Å²) >= 11 is 6.59. The van der Waals surface area contributed by atoms with Gasteiger partial charge in [0, 0.05) is 23.8 Å². The van der Waals surface area contributed by atoms with E-state index in [0.29, 0.717) is 12.1 Å². The molecule has 20 heavy (non-hydrogen) atoms. The molecule has 1 atom stereocenters. The fraction of sp³-hybridized carbons (Fsp3) is 0.462. The first kappa shape index (κ1) is 18.8. The van der Waals surface area contributed by atoms with Crippen molar-refractivity contribution in [3.63, 3.8) is 0 Å². The number of rotatable bonds is 5. The molecule has 0 aliphatic carbocycles. The van der Waals surface area contributed by atoms with E-state index < -0.39 is 5.60 Å². The van der Waals surface area contributed by atoms with Crippen molar-refractivity contribution in [1.82, 2.24) is 10.2 Å². The highest BCUT2D eigenvalue weighted by Crippen LogP contribution is 2.22. The fourth-order valence-electron chi connectivity index (χ4n) is 1.82. The van der Waals surface area contributed by atoms with Gasteiger partial charge in [0.1, 0.15) is 0 Å². The van der Waals surface area contributed by atoms with Crippen LogP contribution in [0.5, 0.6) is 0 Å². The van der Waals surface area contributed by atoms with Gasteiger partial charge in [0.05, 0.1) is 11.2 Å². The first-order chi connectivity index (χ1) is 9.12. The summed E-state index contributed by atoms with van der Waals surface area (Å²) in [6, 6.07) is 3.89. The SMILES string of the molecule is CN(C)CC(C)(O)CNC(=O)c1cc(I)cc(I)c1I. The number of aliphatic hydroxyl groups is 1. The lowest BCUT2D eigenvalue weighted by Gasteiger charge is -2.27. The highest BCUT2D eigenvalue weighted by atomic mass is 127. The van der Waals surface area contributed by atoms with Crippen LogP contribution in [0.3, 0.4) is 0 Å². The first-order valence-corrected chi connectivity index (χ1v) is 9.16. The Labute approximate surface area is 160 Å². The van der Waals surface area contributed by atoms with Crippen molar-refractivity contribution < 1.29 is 9.90 Å². The van der Waals surface area contributed by atoms with Gasteiger partial charge in [-0.25, -0.2) is 0 Å². The second kappa shape index (κ2) is 7.88. The van der Waals surface area contributed by atoms with Crippen LogP contribution in [-0.4, -0.2) is 48.7 Å². The maximum Gasteiger partial charge on any atom is 0.252 e. The van der Waals surface area contributed by atoms with Crippen LogP contribution in [0.25, 0.3) is 0 Å². The standard InChI is InChI=1S/C13H17I3N2O2/c1-13(20,7-18(2)3)6-17-12(19)9-4-8(14)5-10(15)11(9)16/h4-5,20H,6-7H2,1-3H3,(H,17,19). The van der Waals surface area contributed by atoms with Gasteiger partial charge < -0.3 is 15.3 Å². The van der Waals surface area contributed by atoms with Crippen LogP contribution >= 0.6 is 67.8 Å². The van der Waals surface area contributed by atoms with Crippen LogP contribution in [0.4, 0.5) is 0 Å². The van der Waals surface area contributed by atoms with Gasteiger partial charge >= 0.3 is 0 Å². The van der Waals surface area contributed by atoms with E-state index in [4.69, 9.17) is 0 Å². The van der Waals surface area contributed by atoms with Crippen LogP contribution in [0, 0.1) is 10.7 Å². The molecule has 4 nitrogen and oxygen atoms in total. The minimum absolute atomic E-state index is 0.148. The predicted octanol–water partition coefficient (Wildman–Crippen LogP) is 2.54. The van der Waals surface area contributed by atoms with Crippen molar-refractivity contribution in [3.8, 4) is 0 Å². The molecule has 1 unspecified atom stereocenters. The van der Waals surface area contributed by atoms with Crippen molar-refractivity contribution in [3.05, 3.63) is 28.4 Å². The molecule has 0 saturated carbocycles. The maximum atomic E-state index is 12.3. The third-order valence-corrected chi connectivity index (χ3v) is 6.19. The molecule has 1 rings (SSSR count). The summed E-state index contributed by atoms with van der Waals surface area (Å²) in [7, 11) is 3.78. The minimum atomic E-state index is -0.945. The fourth-order valence-corrected chi connectivity index (χ4v) is 4.23. The quantitative estimate of drug-likeness (QED) is 0.397. The Morgan fingerprint density at radius 1 is 1.35 bits per heavy atom. The van der Waals surface area contributed by atoms with Gasteiger partial charge in [-0.1, -0.05) is 0 Å². The zero-order valence-corrected chi connectivity index (χ0v) is 18.0. The van der Waals surface area contributed by atoms with Crippen LogP contribution < -0.4 is 5.32 Å². The molecule has 1 aromatic rings. The molecule has 0 aliphatic rings. The molecular weight excluding hydrogens is 597 g/mol. The molecule has 0 heterocycles. The lowest BCUT2D eigenvalue weighted by Crippen LogP contribution is -2.47. The van der Waals surface area contributed by atoms with Gasteiger partial charge in [0.25, 0.3) is 5.91 Å². The Hall–Kier alpha value is 0.800. The van der Waals surface area contributed by atoms with Gasteiger partial charge in [-0.2, -0.15) is 0 Å². The summed E-state index contributed by atoms with van der Waals surface area (Å²) in [4.78, 5) is 14.1. The number of amides is 1. The molecule has 0 spiro atoms. The second-order valence-electron chi connectivity index (χ2n) is 5.17. The van der Waals surface area contributed by atoms with Gasteiger partial charge in [0.15, 0.2) is 0 Å². The molecule has 0 aliphatic heterocycles. The normalized spacial score (nSPS) is 14.2. The Balaban J connectivity index is 2.78. The third kappa shape index (κ3) is 5.89. The van der Waals surface area contributed by atoms with Gasteiger partial charge in [0.2, 0.25) is 0 Å². The summed E-state index contributed by atoms with van der Waals surface area (Å²) in [5, 5.41) is 13.0. The minimum Gasteiger partial charge on any atom is -0.387 e. The van der Waals surface area contributed by atoms with E-state index in [1.54, 1.807) is 6.92 Å². The molecule has 2 N–H and O–H groups in total. The average molecular weight is 614 g/mol.